The standard InChI is InChI=1S/C14H18Cl2O/c15-12-6-5-11(14(16)9-12)8-13(17)7-10-3-1-2-4-10/h5-6,9-10,13,17H,1-4,7-8H2. The molecule has 1 N–H and O–H groups in total. The Morgan fingerprint density at radius 2 is 1.94 bits per heavy atom. The fourth-order valence-electron chi connectivity index (χ4n) is 2.66. The average molecular weight is 273 g/mol. The molecule has 0 heterocycles. The smallest absolute Gasteiger partial charge is 0.0583 e. The maximum atomic E-state index is 10.1. The minimum absolute atomic E-state index is 0.281. The maximum Gasteiger partial charge on any atom is 0.0583 e. The maximum absolute atomic E-state index is 10.1. The lowest BCUT2D eigenvalue weighted by Crippen LogP contribution is -2.15. The van der Waals surface area contributed by atoms with Crippen LogP contribution in [0.3, 0.4) is 0 Å². The van der Waals surface area contributed by atoms with Gasteiger partial charge in [-0.25, -0.2) is 0 Å². The second-order valence-corrected chi connectivity index (χ2v) is 5.82. The van der Waals surface area contributed by atoms with Crippen molar-refractivity contribution in [2.45, 2.75) is 44.6 Å². The van der Waals surface area contributed by atoms with Crippen LogP contribution in [0.4, 0.5) is 0 Å². The third kappa shape index (κ3) is 3.87. The molecule has 1 fully saturated rings. The third-order valence-corrected chi connectivity index (χ3v) is 4.14. The van der Waals surface area contributed by atoms with Gasteiger partial charge in [-0.1, -0.05) is 55.0 Å². The summed E-state index contributed by atoms with van der Waals surface area (Å²) in [6.45, 7) is 0. The van der Waals surface area contributed by atoms with Crippen molar-refractivity contribution in [2.75, 3.05) is 0 Å². The fraction of sp³-hybridized carbons (Fsp3) is 0.571. The van der Waals surface area contributed by atoms with Crippen LogP contribution in [0.5, 0.6) is 0 Å². The topological polar surface area (TPSA) is 20.2 Å². The number of hydrogen-bond acceptors (Lipinski definition) is 1. The van der Waals surface area contributed by atoms with Gasteiger partial charge in [0.05, 0.1) is 6.10 Å². The molecule has 2 rings (SSSR count). The molecule has 3 heteroatoms. The highest BCUT2D eigenvalue weighted by atomic mass is 35.5. The number of benzene rings is 1. The van der Waals surface area contributed by atoms with E-state index in [2.05, 4.69) is 0 Å². The molecule has 0 amide bonds. The zero-order valence-electron chi connectivity index (χ0n) is 9.83. The number of halogens is 2. The molecule has 1 aromatic carbocycles. The third-order valence-electron chi connectivity index (χ3n) is 3.55. The summed E-state index contributed by atoms with van der Waals surface area (Å²) in [4.78, 5) is 0. The van der Waals surface area contributed by atoms with Crippen molar-refractivity contribution < 1.29 is 5.11 Å². The summed E-state index contributed by atoms with van der Waals surface area (Å²) in [6.07, 6.45) is 6.43. The second-order valence-electron chi connectivity index (χ2n) is 4.98. The van der Waals surface area contributed by atoms with Gasteiger partial charge in [0.1, 0.15) is 0 Å². The summed E-state index contributed by atoms with van der Waals surface area (Å²) in [6, 6.07) is 5.47. The molecular weight excluding hydrogens is 255 g/mol. The van der Waals surface area contributed by atoms with Crippen LogP contribution >= 0.6 is 23.2 Å². The quantitative estimate of drug-likeness (QED) is 0.857. The molecule has 94 valence electrons. The van der Waals surface area contributed by atoms with Crippen LogP contribution in [-0.4, -0.2) is 11.2 Å². The summed E-state index contributed by atoms with van der Waals surface area (Å²) in [5, 5.41) is 11.4. The summed E-state index contributed by atoms with van der Waals surface area (Å²) in [5.74, 6) is 0.705. The predicted molar refractivity (Wildman–Crippen MR) is 72.7 cm³/mol. The van der Waals surface area contributed by atoms with Gasteiger partial charge in [0.15, 0.2) is 0 Å². The van der Waals surface area contributed by atoms with E-state index in [0.717, 1.165) is 12.0 Å². The number of hydrogen-bond donors (Lipinski definition) is 1. The van der Waals surface area contributed by atoms with Crippen LogP contribution < -0.4 is 0 Å². The fourth-order valence-corrected chi connectivity index (χ4v) is 3.14. The molecule has 1 aliphatic carbocycles. The van der Waals surface area contributed by atoms with E-state index >= 15 is 0 Å². The zero-order chi connectivity index (χ0) is 12.3. The van der Waals surface area contributed by atoms with Gasteiger partial charge in [-0.3, -0.25) is 0 Å². The van der Waals surface area contributed by atoms with Gasteiger partial charge in [-0.05, 0) is 36.5 Å². The van der Waals surface area contributed by atoms with Crippen LogP contribution in [0.15, 0.2) is 18.2 Å². The number of aliphatic hydroxyl groups is 1. The molecule has 1 atom stereocenters. The van der Waals surface area contributed by atoms with E-state index in [-0.39, 0.29) is 6.10 Å². The predicted octanol–water partition coefficient (Wildman–Crippen LogP) is 4.48. The van der Waals surface area contributed by atoms with Gasteiger partial charge < -0.3 is 5.11 Å². The molecule has 17 heavy (non-hydrogen) atoms. The van der Waals surface area contributed by atoms with Crippen molar-refractivity contribution in [3.63, 3.8) is 0 Å². The Labute approximate surface area is 113 Å². The van der Waals surface area contributed by atoms with E-state index in [4.69, 9.17) is 23.2 Å². The Kier molecular flexibility index (Phi) is 4.72. The molecule has 1 saturated carbocycles. The Hall–Kier alpha value is -0.240. The molecule has 0 radical (unpaired) electrons. The van der Waals surface area contributed by atoms with Gasteiger partial charge >= 0.3 is 0 Å². The van der Waals surface area contributed by atoms with Crippen molar-refractivity contribution in [2.24, 2.45) is 5.92 Å². The van der Waals surface area contributed by atoms with E-state index in [1.165, 1.54) is 25.7 Å². The van der Waals surface area contributed by atoms with E-state index in [1.807, 2.05) is 12.1 Å². The molecule has 1 nitrogen and oxygen atoms in total. The Bertz CT molecular complexity index is 372. The van der Waals surface area contributed by atoms with Gasteiger partial charge in [0.25, 0.3) is 0 Å². The van der Waals surface area contributed by atoms with E-state index < -0.39 is 0 Å². The second kappa shape index (κ2) is 6.08. The largest absolute Gasteiger partial charge is 0.393 e. The number of rotatable bonds is 4. The monoisotopic (exact) mass is 272 g/mol. The van der Waals surface area contributed by atoms with Crippen molar-refractivity contribution in [3.8, 4) is 0 Å². The van der Waals surface area contributed by atoms with E-state index in [9.17, 15) is 5.11 Å². The molecule has 0 spiro atoms. The molecule has 1 unspecified atom stereocenters. The Balaban J connectivity index is 1.90. The van der Waals surface area contributed by atoms with Crippen molar-refractivity contribution in [1.82, 2.24) is 0 Å². The SMILES string of the molecule is OC(Cc1ccc(Cl)cc1Cl)CC1CCCC1. The first-order valence-corrected chi connectivity index (χ1v) is 7.02. The summed E-state index contributed by atoms with van der Waals surface area (Å²) >= 11 is 11.9. The Morgan fingerprint density at radius 1 is 1.24 bits per heavy atom. The Morgan fingerprint density at radius 3 is 2.59 bits per heavy atom. The van der Waals surface area contributed by atoms with E-state index in [0.29, 0.717) is 22.4 Å². The van der Waals surface area contributed by atoms with Gasteiger partial charge in [0, 0.05) is 10.0 Å². The summed E-state index contributed by atoms with van der Waals surface area (Å²) in [5.41, 5.74) is 0.988. The van der Waals surface area contributed by atoms with Gasteiger partial charge in [-0.2, -0.15) is 0 Å². The van der Waals surface area contributed by atoms with Crippen LogP contribution in [0, 0.1) is 5.92 Å². The van der Waals surface area contributed by atoms with Gasteiger partial charge in [-0.15, -0.1) is 0 Å². The van der Waals surface area contributed by atoms with Gasteiger partial charge in [0.2, 0.25) is 0 Å². The molecule has 0 saturated heterocycles. The van der Waals surface area contributed by atoms with Crippen LogP contribution in [0.1, 0.15) is 37.7 Å². The van der Waals surface area contributed by atoms with Crippen molar-refractivity contribution in [1.29, 1.82) is 0 Å². The molecule has 0 aromatic heterocycles. The summed E-state index contributed by atoms with van der Waals surface area (Å²) in [7, 11) is 0. The summed E-state index contributed by atoms with van der Waals surface area (Å²) < 4.78 is 0. The number of aliphatic hydroxyl groups excluding tert-OH is 1. The minimum atomic E-state index is -0.281. The highest BCUT2D eigenvalue weighted by molar-refractivity contribution is 6.35. The van der Waals surface area contributed by atoms with Crippen LogP contribution in [0.25, 0.3) is 0 Å². The zero-order valence-corrected chi connectivity index (χ0v) is 11.3. The average Bonchev–Trinajstić information content (AvgIpc) is 2.75. The molecule has 1 aliphatic rings. The first-order chi connectivity index (χ1) is 8.15. The lowest BCUT2D eigenvalue weighted by atomic mass is 9.96. The van der Waals surface area contributed by atoms with Crippen LogP contribution in [-0.2, 0) is 6.42 Å². The first-order valence-electron chi connectivity index (χ1n) is 6.27. The highest BCUT2D eigenvalue weighted by Crippen LogP contribution is 2.30. The van der Waals surface area contributed by atoms with Crippen molar-refractivity contribution in [3.05, 3.63) is 33.8 Å². The van der Waals surface area contributed by atoms with Crippen LogP contribution in [0.2, 0.25) is 10.0 Å². The lowest BCUT2D eigenvalue weighted by molar-refractivity contribution is 0.143. The van der Waals surface area contributed by atoms with Crippen molar-refractivity contribution >= 4 is 23.2 Å². The molecular formula is C14H18Cl2O. The van der Waals surface area contributed by atoms with E-state index in [1.54, 1.807) is 6.07 Å². The highest BCUT2D eigenvalue weighted by Gasteiger charge is 2.19. The normalized spacial score (nSPS) is 18.5. The molecule has 1 aromatic rings. The molecule has 0 aliphatic heterocycles. The first kappa shape index (κ1) is 13.2. The molecule has 0 bridgehead atoms. The lowest BCUT2D eigenvalue weighted by Gasteiger charge is -2.16. The minimum Gasteiger partial charge on any atom is -0.393 e.